The molecule has 1 unspecified atom stereocenters. The van der Waals surface area contributed by atoms with Gasteiger partial charge in [0.1, 0.15) is 6.17 Å². The number of hydrogen-bond acceptors (Lipinski definition) is 5. The number of fused-ring (bicyclic) bond motifs is 2. The van der Waals surface area contributed by atoms with Crippen LogP contribution in [0.4, 0.5) is 0 Å². The Bertz CT molecular complexity index is 985. The first-order valence-electron chi connectivity index (χ1n) is 11.6. The van der Waals surface area contributed by atoms with E-state index in [0.29, 0.717) is 13.0 Å². The summed E-state index contributed by atoms with van der Waals surface area (Å²) in [4.78, 5) is 38.2. The molecular weight excluding hydrogens is 406 g/mol. The molecule has 1 N–H and O–H groups in total. The van der Waals surface area contributed by atoms with Crippen molar-refractivity contribution in [2.75, 3.05) is 13.1 Å². The maximum absolute atomic E-state index is 12.8. The molecule has 1 atom stereocenters. The Labute approximate surface area is 190 Å². The van der Waals surface area contributed by atoms with Crippen LogP contribution in [0.3, 0.4) is 0 Å². The van der Waals surface area contributed by atoms with Crippen LogP contribution in [0.25, 0.3) is 0 Å². The summed E-state index contributed by atoms with van der Waals surface area (Å²) in [5.74, 6) is -1.36. The van der Waals surface area contributed by atoms with Crippen LogP contribution in [0.5, 0.6) is 5.75 Å². The van der Waals surface area contributed by atoms with Gasteiger partial charge in [-0.25, -0.2) is 0 Å². The highest BCUT2D eigenvalue weighted by Crippen LogP contribution is 2.32. The van der Waals surface area contributed by atoms with Gasteiger partial charge in [0.05, 0.1) is 5.56 Å². The summed E-state index contributed by atoms with van der Waals surface area (Å²) in [6.45, 7) is 11.2. The highest BCUT2D eigenvalue weighted by molar-refractivity contribution is 5.99. The number of carbonyl (C=O) groups is 2. The van der Waals surface area contributed by atoms with Crippen molar-refractivity contribution >= 4 is 11.7 Å². The molecule has 32 heavy (non-hydrogen) atoms. The minimum atomic E-state index is -0.768. The molecule has 0 aliphatic carbocycles. The fourth-order valence-electron chi connectivity index (χ4n) is 4.02. The van der Waals surface area contributed by atoms with E-state index >= 15 is 0 Å². The van der Waals surface area contributed by atoms with Gasteiger partial charge in [-0.05, 0) is 31.7 Å². The Morgan fingerprint density at radius 3 is 2.31 bits per heavy atom. The molecule has 1 aromatic heterocycles. The molecule has 0 bridgehead atoms. The smallest absolute Gasteiger partial charge is 0.288 e. The molecule has 3 heterocycles. The van der Waals surface area contributed by atoms with Gasteiger partial charge < -0.3 is 9.67 Å². The topological polar surface area (TPSA) is 82.8 Å². The zero-order valence-corrected chi connectivity index (χ0v) is 19.8. The predicted octanol–water partition coefficient (Wildman–Crippen LogP) is 4.41. The van der Waals surface area contributed by atoms with Crippen molar-refractivity contribution in [1.29, 1.82) is 0 Å². The number of Topliss-reactive ketones (excluding diaryl/α,β-unsaturated/α-hetero) is 1. The molecule has 1 fully saturated rings. The maximum atomic E-state index is 12.8. The zero-order valence-electron chi connectivity index (χ0n) is 19.8. The lowest BCUT2D eigenvalue weighted by Crippen LogP contribution is -2.57. The number of aromatic hydroxyl groups is 1. The molecule has 0 spiro atoms. The van der Waals surface area contributed by atoms with Crippen LogP contribution in [-0.4, -0.2) is 44.5 Å². The Morgan fingerprint density at radius 1 is 1.03 bits per heavy atom. The molecule has 1 saturated heterocycles. The number of hydrogen-bond donors (Lipinski definition) is 1. The standard InChI is InChI=1S/C21H23N3O4.2C2H6/c1-14-22-13-16(17(25)10-9-15-7-3-2-4-8-15)19(26)20(27)18(22)21(28)24-12-6-5-11-23(14)24;2*1-2/h2-4,7-8,13-14,27H,5-6,9-12H2,1H3;2*1-2H3. The molecule has 4 rings (SSSR count). The second-order valence-electron chi connectivity index (χ2n) is 7.32. The zero-order chi connectivity index (χ0) is 23.8. The van der Waals surface area contributed by atoms with Crippen LogP contribution in [0, 0.1) is 0 Å². The van der Waals surface area contributed by atoms with Gasteiger partial charge in [-0.1, -0.05) is 58.0 Å². The van der Waals surface area contributed by atoms with E-state index < -0.39 is 17.1 Å². The number of aromatic nitrogens is 1. The van der Waals surface area contributed by atoms with E-state index in [4.69, 9.17) is 0 Å². The lowest BCUT2D eigenvalue weighted by molar-refractivity contribution is -0.0878. The van der Waals surface area contributed by atoms with Gasteiger partial charge in [0.2, 0.25) is 5.43 Å². The number of benzene rings is 1. The Morgan fingerprint density at radius 2 is 1.66 bits per heavy atom. The van der Waals surface area contributed by atoms with Crippen molar-refractivity contribution in [2.24, 2.45) is 0 Å². The molecule has 2 aliphatic rings. The SMILES string of the molecule is CC.CC.CC1N2CCCCN2C(=O)c2c(O)c(=O)c(C(=O)CCc3ccccc3)cn21. The van der Waals surface area contributed by atoms with Crippen LogP contribution in [0.15, 0.2) is 41.3 Å². The van der Waals surface area contributed by atoms with Gasteiger partial charge in [-0.15, -0.1) is 0 Å². The molecule has 2 aliphatic heterocycles. The van der Waals surface area contributed by atoms with Crippen LogP contribution >= 0.6 is 0 Å². The van der Waals surface area contributed by atoms with Crippen molar-refractivity contribution in [1.82, 2.24) is 14.6 Å². The third-order valence-electron chi connectivity index (χ3n) is 5.58. The van der Waals surface area contributed by atoms with Crippen LogP contribution in [-0.2, 0) is 6.42 Å². The number of rotatable bonds is 4. The predicted molar refractivity (Wildman–Crippen MR) is 126 cm³/mol. The second-order valence-corrected chi connectivity index (χ2v) is 7.32. The molecule has 0 saturated carbocycles. The average molecular weight is 442 g/mol. The third-order valence-corrected chi connectivity index (χ3v) is 5.58. The van der Waals surface area contributed by atoms with Gasteiger partial charge in [0, 0.05) is 25.7 Å². The average Bonchev–Trinajstić information content (AvgIpc) is 2.85. The number of hydrazine groups is 1. The highest BCUT2D eigenvalue weighted by atomic mass is 16.3. The molecular formula is C25H35N3O4. The molecule has 174 valence electrons. The van der Waals surface area contributed by atoms with Gasteiger partial charge in [0.25, 0.3) is 5.91 Å². The normalized spacial score (nSPS) is 17.2. The lowest BCUT2D eigenvalue weighted by Gasteiger charge is -2.47. The molecule has 2 aromatic rings. The van der Waals surface area contributed by atoms with Gasteiger partial charge in [-0.3, -0.25) is 19.4 Å². The Hall–Kier alpha value is -2.93. The van der Waals surface area contributed by atoms with E-state index in [1.807, 2.05) is 70.0 Å². The van der Waals surface area contributed by atoms with Crippen molar-refractivity contribution in [3.63, 3.8) is 0 Å². The Balaban J connectivity index is 0.000000860. The van der Waals surface area contributed by atoms with E-state index in [0.717, 1.165) is 24.9 Å². The summed E-state index contributed by atoms with van der Waals surface area (Å²) >= 11 is 0. The maximum Gasteiger partial charge on any atom is 0.288 e. The number of pyridine rings is 1. The summed E-state index contributed by atoms with van der Waals surface area (Å²) in [6, 6.07) is 9.56. The second kappa shape index (κ2) is 11.6. The number of carbonyl (C=O) groups excluding carboxylic acids is 2. The quantitative estimate of drug-likeness (QED) is 0.711. The first-order chi connectivity index (χ1) is 15.5. The van der Waals surface area contributed by atoms with E-state index in [9.17, 15) is 19.5 Å². The minimum Gasteiger partial charge on any atom is -0.503 e. The van der Waals surface area contributed by atoms with E-state index in [2.05, 4.69) is 0 Å². The van der Waals surface area contributed by atoms with E-state index in [1.165, 1.54) is 6.20 Å². The van der Waals surface area contributed by atoms with Gasteiger partial charge >= 0.3 is 0 Å². The summed E-state index contributed by atoms with van der Waals surface area (Å²) in [7, 11) is 0. The monoisotopic (exact) mass is 441 g/mol. The van der Waals surface area contributed by atoms with Crippen molar-refractivity contribution in [3.8, 4) is 5.75 Å². The molecule has 0 radical (unpaired) electrons. The van der Waals surface area contributed by atoms with E-state index in [-0.39, 0.29) is 29.6 Å². The first-order valence-corrected chi connectivity index (χ1v) is 11.6. The molecule has 1 aromatic carbocycles. The largest absolute Gasteiger partial charge is 0.503 e. The van der Waals surface area contributed by atoms with Crippen LogP contribution < -0.4 is 5.43 Å². The van der Waals surface area contributed by atoms with Crippen LogP contribution in [0.2, 0.25) is 0 Å². The fraction of sp³-hybridized carbons (Fsp3) is 0.480. The lowest BCUT2D eigenvalue weighted by atomic mass is 10.0. The summed E-state index contributed by atoms with van der Waals surface area (Å²) in [6.07, 6.45) is 3.71. The van der Waals surface area contributed by atoms with E-state index in [1.54, 1.807) is 9.58 Å². The van der Waals surface area contributed by atoms with Crippen molar-refractivity contribution in [3.05, 3.63) is 63.6 Å². The van der Waals surface area contributed by atoms with Crippen molar-refractivity contribution in [2.45, 2.75) is 66.5 Å². The first kappa shape index (κ1) is 25.3. The number of nitrogens with zero attached hydrogens (tertiary/aromatic N) is 3. The summed E-state index contributed by atoms with van der Waals surface area (Å²) in [5, 5.41) is 14.0. The Kier molecular flexibility index (Phi) is 9.20. The number of amides is 1. The number of aryl methyl sites for hydroxylation is 1. The van der Waals surface area contributed by atoms with Crippen molar-refractivity contribution < 1.29 is 14.7 Å². The molecule has 1 amide bonds. The summed E-state index contributed by atoms with van der Waals surface area (Å²) < 4.78 is 1.57. The van der Waals surface area contributed by atoms with Gasteiger partial charge in [0.15, 0.2) is 17.2 Å². The number of ketones is 1. The fourth-order valence-corrected chi connectivity index (χ4v) is 4.02. The summed E-state index contributed by atoms with van der Waals surface area (Å²) in [5.41, 5.74) is 0.138. The van der Waals surface area contributed by atoms with Crippen LogP contribution in [0.1, 0.15) is 86.5 Å². The molecule has 7 nitrogen and oxygen atoms in total. The van der Waals surface area contributed by atoms with Gasteiger partial charge in [-0.2, -0.15) is 5.01 Å². The minimum absolute atomic E-state index is 0.0322. The highest BCUT2D eigenvalue weighted by Gasteiger charge is 2.39. The molecule has 7 heteroatoms. The third kappa shape index (κ3) is 4.93.